The Morgan fingerprint density at radius 3 is 2.67 bits per heavy atom. The van der Waals surface area contributed by atoms with Gasteiger partial charge in [0.25, 0.3) is 0 Å². The maximum atomic E-state index is 12.9. The standard InChI is InChI=1S/C16H16FN3O/c17-13-6-4-12(5-7-13)15(21)11-14-3-1-10-20(14)16-18-8-2-9-19-16/h2,4-9,14H,1,3,10-11H2. The van der Waals surface area contributed by atoms with Gasteiger partial charge < -0.3 is 4.90 Å². The van der Waals surface area contributed by atoms with Crippen molar-refractivity contribution in [1.82, 2.24) is 9.97 Å². The normalized spacial score (nSPS) is 18.0. The van der Waals surface area contributed by atoms with E-state index in [1.807, 2.05) is 0 Å². The van der Waals surface area contributed by atoms with Crippen molar-refractivity contribution in [3.8, 4) is 0 Å². The molecule has 108 valence electrons. The number of aromatic nitrogens is 2. The Morgan fingerprint density at radius 1 is 1.24 bits per heavy atom. The van der Waals surface area contributed by atoms with Crippen molar-refractivity contribution in [2.45, 2.75) is 25.3 Å². The maximum absolute atomic E-state index is 12.9. The zero-order valence-electron chi connectivity index (χ0n) is 11.6. The van der Waals surface area contributed by atoms with E-state index in [2.05, 4.69) is 14.9 Å². The first-order chi connectivity index (χ1) is 10.2. The quantitative estimate of drug-likeness (QED) is 0.810. The first kappa shape index (κ1) is 13.7. The second-order valence-electron chi connectivity index (χ2n) is 5.17. The lowest BCUT2D eigenvalue weighted by atomic mass is 10.0. The van der Waals surface area contributed by atoms with Crippen LogP contribution in [0, 0.1) is 5.82 Å². The van der Waals surface area contributed by atoms with Crippen molar-refractivity contribution >= 4 is 11.7 Å². The van der Waals surface area contributed by atoms with E-state index < -0.39 is 0 Å². The molecule has 1 aliphatic rings. The van der Waals surface area contributed by atoms with Gasteiger partial charge in [0.05, 0.1) is 0 Å². The van der Waals surface area contributed by atoms with E-state index in [0.717, 1.165) is 19.4 Å². The third-order valence-corrected chi connectivity index (χ3v) is 3.77. The number of hydrogen-bond acceptors (Lipinski definition) is 4. The summed E-state index contributed by atoms with van der Waals surface area (Å²) in [5.41, 5.74) is 0.553. The molecule has 1 unspecified atom stereocenters. The summed E-state index contributed by atoms with van der Waals surface area (Å²) in [5, 5.41) is 0. The number of ketones is 1. The van der Waals surface area contributed by atoms with E-state index in [1.54, 1.807) is 18.5 Å². The molecule has 0 bridgehead atoms. The Labute approximate surface area is 122 Å². The molecule has 1 aromatic carbocycles. The van der Waals surface area contributed by atoms with Gasteiger partial charge in [0, 0.05) is 37.0 Å². The van der Waals surface area contributed by atoms with Gasteiger partial charge >= 0.3 is 0 Å². The van der Waals surface area contributed by atoms with E-state index in [9.17, 15) is 9.18 Å². The van der Waals surface area contributed by atoms with Gasteiger partial charge in [-0.2, -0.15) is 0 Å². The summed E-state index contributed by atoms with van der Waals surface area (Å²) in [7, 11) is 0. The van der Waals surface area contributed by atoms with Crippen LogP contribution >= 0.6 is 0 Å². The molecule has 0 N–H and O–H groups in total. The van der Waals surface area contributed by atoms with Crippen LogP contribution in [0.25, 0.3) is 0 Å². The number of benzene rings is 1. The Morgan fingerprint density at radius 2 is 1.95 bits per heavy atom. The third-order valence-electron chi connectivity index (χ3n) is 3.77. The molecule has 1 aliphatic heterocycles. The van der Waals surface area contributed by atoms with Crippen LogP contribution in [-0.4, -0.2) is 28.3 Å². The number of carbonyl (C=O) groups excluding carboxylic acids is 1. The molecule has 1 saturated heterocycles. The summed E-state index contributed by atoms with van der Waals surface area (Å²) >= 11 is 0. The molecule has 1 fully saturated rings. The second kappa shape index (κ2) is 5.99. The van der Waals surface area contributed by atoms with Crippen LogP contribution in [0.4, 0.5) is 10.3 Å². The first-order valence-electron chi connectivity index (χ1n) is 7.06. The van der Waals surface area contributed by atoms with Gasteiger partial charge in [-0.15, -0.1) is 0 Å². The lowest BCUT2D eigenvalue weighted by Crippen LogP contribution is -2.32. The molecular formula is C16H16FN3O. The smallest absolute Gasteiger partial charge is 0.225 e. The van der Waals surface area contributed by atoms with Crippen LogP contribution in [-0.2, 0) is 0 Å². The molecule has 5 heteroatoms. The summed E-state index contributed by atoms with van der Waals surface area (Å²) < 4.78 is 12.9. The molecule has 3 rings (SSSR count). The van der Waals surface area contributed by atoms with Crippen LogP contribution in [0.5, 0.6) is 0 Å². The Hall–Kier alpha value is -2.30. The SMILES string of the molecule is O=C(CC1CCCN1c1ncccn1)c1ccc(F)cc1. The van der Waals surface area contributed by atoms with E-state index >= 15 is 0 Å². The zero-order chi connectivity index (χ0) is 14.7. The van der Waals surface area contributed by atoms with E-state index in [-0.39, 0.29) is 17.6 Å². The molecular weight excluding hydrogens is 269 g/mol. The summed E-state index contributed by atoms with van der Waals surface area (Å²) in [6, 6.07) is 7.61. The summed E-state index contributed by atoms with van der Waals surface area (Å²) in [6.45, 7) is 0.866. The molecule has 0 spiro atoms. The minimum absolute atomic E-state index is 0.0304. The van der Waals surface area contributed by atoms with Crippen LogP contribution in [0.3, 0.4) is 0 Å². The number of nitrogens with zero attached hydrogens (tertiary/aromatic N) is 3. The van der Waals surface area contributed by atoms with E-state index in [0.29, 0.717) is 17.9 Å². The highest BCUT2D eigenvalue weighted by Crippen LogP contribution is 2.25. The average Bonchev–Trinajstić information content (AvgIpc) is 2.97. The van der Waals surface area contributed by atoms with Crippen LogP contribution < -0.4 is 4.90 Å². The number of rotatable bonds is 4. The number of anilines is 1. The molecule has 4 nitrogen and oxygen atoms in total. The fourth-order valence-electron chi connectivity index (χ4n) is 2.72. The van der Waals surface area contributed by atoms with Crippen molar-refractivity contribution in [2.75, 3.05) is 11.4 Å². The van der Waals surface area contributed by atoms with Crippen molar-refractivity contribution in [3.63, 3.8) is 0 Å². The Balaban J connectivity index is 1.71. The van der Waals surface area contributed by atoms with Gasteiger partial charge in [-0.25, -0.2) is 14.4 Å². The first-order valence-corrected chi connectivity index (χ1v) is 7.06. The van der Waals surface area contributed by atoms with Crippen molar-refractivity contribution in [1.29, 1.82) is 0 Å². The highest BCUT2D eigenvalue weighted by Gasteiger charge is 2.28. The highest BCUT2D eigenvalue weighted by molar-refractivity contribution is 5.96. The largest absolute Gasteiger partial charge is 0.337 e. The molecule has 0 radical (unpaired) electrons. The van der Waals surface area contributed by atoms with E-state index in [4.69, 9.17) is 0 Å². The number of halogens is 1. The molecule has 0 amide bonds. The van der Waals surface area contributed by atoms with Crippen molar-refractivity contribution in [3.05, 3.63) is 54.1 Å². The van der Waals surface area contributed by atoms with Crippen LogP contribution in [0.1, 0.15) is 29.6 Å². The molecule has 0 aliphatic carbocycles. The topological polar surface area (TPSA) is 46.1 Å². The maximum Gasteiger partial charge on any atom is 0.225 e. The average molecular weight is 285 g/mol. The van der Waals surface area contributed by atoms with Crippen LogP contribution in [0.2, 0.25) is 0 Å². The van der Waals surface area contributed by atoms with Crippen molar-refractivity contribution in [2.24, 2.45) is 0 Å². The fourth-order valence-corrected chi connectivity index (χ4v) is 2.72. The van der Waals surface area contributed by atoms with Gasteiger partial charge in [0.2, 0.25) is 5.95 Å². The zero-order valence-corrected chi connectivity index (χ0v) is 11.6. The monoisotopic (exact) mass is 285 g/mol. The number of Topliss-reactive ketones (excluding diaryl/α,β-unsaturated/α-hetero) is 1. The predicted octanol–water partition coefficient (Wildman–Crippen LogP) is 2.86. The minimum Gasteiger partial charge on any atom is -0.337 e. The number of hydrogen-bond donors (Lipinski definition) is 0. The molecule has 1 atom stereocenters. The van der Waals surface area contributed by atoms with Crippen LogP contribution in [0.15, 0.2) is 42.7 Å². The lowest BCUT2D eigenvalue weighted by molar-refractivity contribution is 0.0974. The highest BCUT2D eigenvalue weighted by atomic mass is 19.1. The second-order valence-corrected chi connectivity index (χ2v) is 5.17. The summed E-state index contributed by atoms with van der Waals surface area (Å²) in [4.78, 5) is 22.9. The minimum atomic E-state index is -0.327. The number of carbonyl (C=O) groups is 1. The molecule has 0 saturated carbocycles. The Kier molecular flexibility index (Phi) is 3.90. The van der Waals surface area contributed by atoms with Gasteiger partial charge in [0.15, 0.2) is 5.78 Å². The fraction of sp³-hybridized carbons (Fsp3) is 0.312. The Bertz CT molecular complexity index is 615. The van der Waals surface area contributed by atoms with E-state index in [1.165, 1.54) is 24.3 Å². The molecule has 2 aromatic rings. The van der Waals surface area contributed by atoms with Gasteiger partial charge in [0.1, 0.15) is 5.82 Å². The van der Waals surface area contributed by atoms with Gasteiger partial charge in [-0.05, 0) is 43.2 Å². The summed E-state index contributed by atoms with van der Waals surface area (Å²) in [5.74, 6) is 0.376. The molecule has 2 heterocycles. The summed E-state index contributed by atoms with van der Waals surface area (Å²) in [6.07, 6.45) is 5.80. The molecule has 21 heavy (non-hydrogen) atoms. The van der Waals surface area contributed by atoms with Crippen molar-refractivity contribution < 1.29 is 9.18 Å². The lowest BCUT2D eigenvalue weighted by Gasteiger charge is -2.23. The van der Waals surface area contributed by atoms with Gasteiger partial charge in [-0.3, -0.25) is 4.79 Å². The van der Waals surface area contributed by atoms with Gasteiger partial charge in [-0.1, -0.05) is 0 Å². The predicted molar refractivity (Wildman–Crippen MR) is 77.7 cm³/mol. The molecule has 1 aromatic heterocycles. The third kappa shape index (κ3) is 3.07.